The minimum absolute atomic E-state index is 0.544. The SMILES string of the molecule is CC(O)c1nc(N2CC3CCCNC3C2)n[nH]1. The molecule has 2 fully saturated rings. The zero-order valence-electron chi connectivity index (χ0n) is 10.1. The van der Waals surface area contributed by atoms with Crippen LogP contribution in [0.2, 0.25) is 0 Å². The molecule has 6 heteroatoms. The first kappa shape index (κ1) is 11.0. The first-order valence-corrected chi connectivity index (χ1v) is 6.33. The summed E-state index contributed by atoms with van der Waals surface area (Å²) in [4.78, 5) is 6.54. The van der Waals surface area contributed by atoms with Gasteiger partial charge in [0, 0.05) is 19.1 Å². The van der Waals surface area contributed by atoms with Crippen molar-refractivity contribution in [1.29, 1.82) is 0 Å². The maximum absolute atomic E-state index is 9.42. The lowest BCUT2D eigenvalue weighted by Gasteiger charge is -2.24. The van der Waals surface area contributed by atoms with E-state index < -0.39 is 6.10 Å². The summed E-state index contributed by atoms with van der Waals surface area (Å²) in [5.41, 5.74) is 0. The van der Waals surface area contributed by atoms with Crippen molar-refractivity contribution < 1.29 is 5.11 Å². The van der Waals surface area contributed by atoms with Crippen molar-refractivity contribution >= 4 is 5.95 Å². The molecule has 3 atom stereocenters. The summed E-state index contributed by atoms with van der Waals surface area (Å²) < 4.78 is 0. The van der Waals surface area contributed by atoms with E-state index in [0.29, 0.717) is 11.9 Å². The molecule has 0 radical (unpaired) electrons. The molecule has 3 rings (SSSR count). The molecule has 17 heavy (non-hydrogen) atoms. The van der Waals surface area contributed by atoms with E-state index in [-0.39, 0.29) is 0 Å². The average molecular weight is 237 g/mol. The summed E-state index contributed by atoms with van der Waals surface area (Å²) in [7, 11) is 0. The molecule has 1 aromatic heterocycles. The molecule has 0 aliphatic carbocycles. The Balaban J connectivity index is 1.72. The maximum Gasteiger partial charge on any atom is 0.244 e. The van der Waals surface area contributed by atoms with Gasteiger partial charge in [0.15, 0.2) is 5.82 Å². The van der Waals surface area contributed by atoms with Gasteiger partial charge >= 0.3 is 0 Å². The molecule has 0 bridgehead atoms. The number of aliphatic hydroxyl groups excluding tert-OH is 1. The molecule has 3 heterocycles. The van der Waals surface area contributed by atoms with Crippen LogP contribution in [0.3, 0.4) is 0 Å². The van der Waals surface area contributed by atoms with E-state index >= 15 is 0 Å². The van der Waals surface area contributed by atoms with Crippen LogP contribution >= 0.6 is 0 Å². The van der Waals surface area contributed by atoms with Gasteiger partial charge in [0.05, 0.1) is 0 Å². The number of hydrogen-bond acceptors (Lipinski definition) is 5. The van der Waals surface area contributed by atoms with Crippen LogP contribution in [0.1, 0.15) is 31.7 Å². The van der Waals surface area contributed by atoms with Gasteiger partial charge in [-0.25, -0.2) is 0 Å². The lowest BCUT2D eigenvalue weighted by molar-refractivity contribution is 0.189. The van der Waals surface area contributed by atoms with Crippen molar-refractivity contribution in [2.75, 3.05) is 24.5 Å². The number of piperidine rings is 1. The molecule has 94 valence electrons. The lowest BCUT2D eigenvalue weighted by Crippen LogP contribution is -2.40. The Morgan fingerprint density at radius 2 is 2.35 bits per heavy atom. The van der Waals surface area contributed by atoms with Crippen molar-refractivity contribution in [3.05, 3.63) is 5.82 Å². The smallest absolute Gasteiger partial charge is 0.244 e. The summed E-state index contributed by atoms with van der Waals surface area (Å²) >= 11 is 0. The Hall–Kier alpha value is -1.14. The molecule has 0 spiro atoms. The highest BCUT2D eigenvalue weighted by Crippen LogP contribution is 2.27. The highest BCUT2D eigenvalue weighted by Gasteiger charge is 2.35. The molecule has 3 N–H and O–H groups in total. The Morgan fingerprint density at radius 3 is 3.06 bits per heavy atom. The van der Waals surface area contributed by atoms with Gasteiger partial charge in [-0.15, -0.1) is 5.10 Å². The molecule has 0 amide bonds. The second kappa shape index (κ2) is 4.27. The molecule has 2 saturated heterocycles. The maximum atomic E-state index is 9.42. The van der Waals surface area contributed by atoms with E-state index in [1.54, 1.807) is 6.92 Å². The number of hydrogen-bond donors (Lipinski definition) is 3. The summed E-state index contributed by atoms with van der Waals surface area (Å²) in [5, 5.41) is 19.9. The number of rotatable bonds is 2. The molecule has 0 saturated carbocycles. The Bertz CT molecular complexity index is 377. The fraction of sp³-hybridized carbons (Fsp3) is 0.818. The van der Waals surface area contributed by atoms with E-state index in [2.05, 4.69) is 25.4 Å². The van der Waals surface area contributed by atoms with E-state index in [4.69, 9.17) is 0 Å². The van der Waals surface area contributed by atoms with Crippen LogP contribution in [0.5, 0.6) is 0 Å². The minimum Gasteiger partial charge on any atom is -0.385 e. The molecule has 2 aliphatic rings. The highest BCUT2D eigenvalue weighted by atomic mass is 16.3. The largest absolute Gasteiger partial charge is 0.385 e. The predicted molar refractivity (Wildman–Crippen MR) is 63.7 cm³/mol. The van der Waals surface area contributed by atoms with Gasteiger partial charge < -0.3 is 15.3 Å². The number of aromatic amines is 1. The molecular weight excluding hydrogens is 218 g/mol. The van der Waals surface area contributed by atoms with Gasteiger partial charge in [-0.3, -0.25) is 5.10 Å². The zero-order chi connectivity index (χ0) is 11.8. The first-order valence-electron chi connectivity index (χ1n) is 6.33. The van der Waals surface area contributed by atoms with Gasteiger partial charge in [0.2, 0.25) is 5.95 Å². The van der Waals surface area contributed by atoms with Crippen LogP contribution in [0.15, 0.2) is 0 Å². The van der Waals surface area contributed by atoms with Crippen LogP contribution < -0.4 is 10.2 Å². The summed E-state index contributed by atoms with van der Waals surface area (Å²) in [6.45, 7) is 4.81. The van der Waals surface area contributed by atoms with Crippen LogP contribution in [-0.4, -0.2) is 46.0 Å². The number of aromatic nitrogens is 3. The van der Waals surface area contributed by atoms with Crippen molar-refractivity contribution in [3.63, 3.8) is 0 Å². The second-order valence-corrected chi connectivity index (χ2v) is 5.06. The molecule has 6 nitrogen and oxygen atoms in total. The Morgan fingerprint density at radius 1 is 1.47 bits per heavy atom. The summed E-state index contributed by atoms with van der Waals surface area (Å²) in [5.74, 6) is 1.98. The van der Waals surface area contributed by atoms with E-state index in [1.807, 2.05) is 0 Å². The van der Waals surface area contributed by atoms with Crippen LogP contribution in [0, 0.1) is 5.92 Å². The fourth-order valence-electron chi connectivity index (χ4n) is 2.80. The van der Waals surface area contributed by atoms with Crippen LogP contribution in [-0.2, 0) is 0 Å². The highest BCUT2D eigenvalue weighted by molar-refractivity contribution is 5.32. The third-order valence-corrected chi connectivity index (χ3v) is 3.77. The number of fused-ring (bicyclic) bond motifs is 1. The number of nitrogens with one attached hydrogen (secondary N) is 2. The fourth-order valence-corrected chi connectivity index (χ4v) is 2.80. The zero-order valence-corrected chi connectivity index (χ0v) is 10.1. The van der Waals surface area contributed by atoms with Gasteiger partial charge in [-0.05, 0) is 32.2 Å². The molecular formula is C11H19N5O. The number of nitrogens with zero attached hydrogens (tertiary/aromatic N) is 3. The van der Waals surface area contributed by atoms with Gasteiger partial charge in [0.25, 0.3) is 0 Å². The number of anilines is 1. The minimum atomic E-state index is -0.584. The molecule has 3 unspecified atom stereocenters. The van der Waals surface area contributed by atoms with E-state index in [0.717, 1.165) is 31.5 Å². The summed E-state index contributed by atoms with van der Waals surface area (Å²) in [6, 6.07) is 0.581. The van der Waals surface area contributed by atoms with E-state index in [9.17, 15) is 5.11 Å². The quantitative estimate of drug-likeness (QED) is 0.677. The molecule has 0 aromatic carbocycles. The summed E-state index contributed by atoms with van der Waals surface area (Å²) in [6.07, 6.45) is 1.98. The van der Waals surface area contributed by atoms with Crippen LogP contribution in [0.25, 0.3) is 0 Å². The second-order valence-electron chi connectivity index (χ2n) is 5.06. The normalized spacial score (nSPS) is 30.4. The van der Waals surface area contributed by atoms with Crippen molar-refractivity contribution in [1.82, 2.24) is 20.5 Å². The third-order valence-electron chi connectivity index (χ3n) is 3.77. The topological polar surface area (TPSA) is 77.1 Å². The molecule has 1 aromatic rings. The number of H-pyrrole nitrogens is 1. The van der Waals surface area contributed by atoms with Gasteiger partial charge in [-0.1, -0.05) is 0 Å². The van der Waals surface area contributed by atoms with E-state index in [1.165, 1.54) is 12.8 Å². The number of aliphatic hydroxyl groups is 1. The van der Waals surface area contributed by atoms with Crippen molar-refractivity contribution in [2.45, 2.75) is 31.9 Å². The van der Waals surface area contributed by atoms with Crippen LogP contribution in [0.4, 0.5) is 5.95 Å². The van der Waals surface area contributed by atoms with Crippen molar-refractivity contribution in [2.24, 2.45) is 5.92 Å². The molecule has 2 aliphatic heterocycles. The third kappa shape index (κ3) is 2.02. The first-order chi connectivity index (χ1) is 8.24. The monoisotopic (exact) mass is 237 g/mol. The standard InChI is InChI=1S/C11H19N5O/c1-7(17)10-13-11(15-14-10)16-5-8-3-2-4-12-9(8)6-16/h7-9,12,17H,2-6H2,1H3,(H,13,14,15). The van der Waals surface area contributed by atoms with Gasteiger partial charge in [0.1, 0.15) is 6.10 Å². The van der Waals surface area contributed by atoms with Gasteiger partial charge in [-0.2, -0.15) is 4.98 Å². The lowest BCUT2D eigenvalue weighted by atomic mass is 9.94. The Labute approximate surface area is 100 Å². The van der Waals surface area contributed by atoms with Crippen molar-refractivity contribution in [3.8, 4) is 0 Å². The average Bonchev–Trinajstić information content (AvgIpc) is 2.95. The predicted octanol–water partition coefficient (Wildman–Crippen LogP) is 0.0462. The Kier molecular flexibility index (Phi) is 2.76.